The number of thiophene rings is 1. The molecule has 3 aromatic rings. The number of hydrogen-bond acceptors (Lipinski definition) is 6. The van der Waals surface area contributed by atoms with Crippen LogP contribution in [-0.4, -0.2) is 44.7 Å². The smallest absolute Gasteiger partial charge is 0.406 e. The highest BCUT2D eigenvalue weighted by Crippen LogP contribution is 2.39. The van der Waals surface area contributed by atoms with E-state index >= 15 is 0 Å². The molecule has 2 aromatic carbocycles. The third-order valence-corrected chi connectivity index (χ3v) is 7.95. The van der Waals surface area contributed by atoms with Gasteiger partial charge in [-0.15, -0.1) is 24.5 Å². The number of halogens is 3. The number of primary amides is 1. The molecule has 12 heteroatoms. The van der Waals surface area contributed by atoms with Crippen molar-refractivity contribution in [2.45, 2.75) is 17.4 Å². The Morgan fingerprint density at radius 3 is 2.66 bits per heavy atom. The Hall–Kier alpha value is -2.67. The molecule has 0 unspecified atom stereocenters. The zero-order valence-electron chi connectivity index (χ0n) is 16.3. The molecule has 1 amide bonds. The standard InChI is InChI=1S/C20H17F3N2O5S2/c21-20(22,23)30-12-4-3-5-13(10-12)32(27,28)25-8-9-29-15(11-25)17-14-6-1-2-7-16(14)31-18(17)19(24)26/h1-7,10,15H,8-9,11H2,(H2,24,26)/t15-/m0/s1. The minimum absolute atomic E-state index is 0.00281. The summed E-state index contributed by atoms with van der Waals surface area (Å²) in [7, 11) is -4.16. The SMILES string of the molecule is NC(=O)c1sc2ccccc2c1[C@@H]1CN(S(=O)(=O)c2cccc(OC(F)(F)F)c2)CCO1. The van der Waals surface area contributed by atoms with E-state index in [-0.39, 0.29) is 29.5 Å². The van der Waals surface area contributed by atoms with Crippen LogP contribution in [0.25, 0.3) is 10.1 Å². The Bertz CT molecular complexity index is 1270. The monoisotopic (exact) mass is 486 g/mol. The molecule has 0 spiro atoms. The molecule has 1 fully saturated rings. The van der Waals surface area contributed by atoms with Gasteiger partial charge in [-0.3, -0.25) is 4.79 Å². The van der Waals surface area contributed by atoms with Crippen molar-refractivity contribution in [3.05, 3.63) is 59.0 Å². The van der Waals surface area contributed by atoms with Crippen molar-refractivity contribution < 1.29 is 35.9 Å². The summed E-state index contributed by atoms with van der Waals surface area (Å²) in [5.74, 6) is -1.29. The summed E-state index contributed by atoms with van der Waals surface area (Å²) in [6.07, 6.45) is -5.72. The lowest BCUT2D eigenvalue weighted by Crippen LogP contribution is -2.42. The summed E-state index contributed by atoms with van der Waals surface area (Å²) in [6, 6.07) is 11.4. The van der Waals surface area contributed by atoms with Crippen molar-refractivity contribution in [2.75, 3.05) is 19.7 Å². The number of fused-ring (bicyclic) bond motifs is 1. The topological polar surface area (TPSA) is 98.9 Å². The molecular formula is C20H17F3N2O5S2. The maximum absolute atomic E-state index is 13.1. The van der Waals surface area contributed by atoms with E-state index in [1.807, 2.05) is 12.1 Å². The van der Waals surface area contributed by atoms with Crippen molar-refractivity contribution in [3.8, 4) is 5.75 Å². The van der Waals surface area contributed by atoms with E-state index in [4.69, 9.17) is 10.5 Å². The third kappa shape index (κ3) is 4.44. The van der Waals surface area contributed by atoms with E-state index < -0.39 is 34.1 Å². The summed E-state index contributed by atoms with van der Waals surface area (Å²) in [6.45, 7) is -0.101. The van der Waals surface area contributed by atoms with Gasteiger partial charge in [0, 0.05) is 29.4 Å². The molecule has 2 heterocycles. The number of carbonyl (C=O) groups is 1. The zero-order chi connectivity index (χ0) is 23.1. The Morgan fingerprint density at radius 1 is 1.19 bits per heavy atom. The van der Waals surface area contributed by atoms with Crippen LogP contribution in [0.2, 0.25) is 0 Å². The van der Waals surface area contributed by atoms with Crippen LogP contribution in [0.1, 0.15) is 21.3 Å². The Kier molecular flexibility index (Phi) is 5.88. The first-order chi connectivity index (χ1) is 15.1. The predicted octanol–water partition coefficient (Wildman–Crippen LogP) is 3.66. The molecule has 1 aliphatic heterocycles. The molecular weight excluding hydrogens is 469 g/mol. The van der Waals surface area contributed by atoms with Crippen LogP contribution in [0.4, 0.5) is 13.2 Å². The van der Waals surface area contributed by atoms with E-state index in [0.29, 0.717) is 5.56 Å². The molecule has 170 valence electrons. The van der Waals surface area contributed by atoms with Crippen LogP contribution in [-0.2, 0) is 14.8 Å². The van der Waals surface area contributed by atoms with E-state index in [1.54, 1.807) is 12.1 Å². The van der Waals surface area contributed by atoms with Gasteiger partial charge < -0.3 is 15.2 Å². The molecule has 0 aliphatic carbocycles. The quantitative estimate of drug-likeness (QED) is 0.594. The van der Waals surface area contributed by atoms with Gasteiger partial charge in [-0.2, -0.15) is 4.31 Å². The number of benzene rings is 2. The summed E-state index contributed by atoms with van der Waals surface area (Å²) in [5.41, 5.74) is 6.05. The van der Waals surface area contributed by atoms with Crippen LogP contribution < -0.4 is 10.5 Å². The van der Waals surface area contributed by atoms with Crippen molar-refractivity contribution in [1.29, 1.82) is 0 Å². The van der Waals surface area contributed by atoms with Crippen molar-refractivity contribution in [1.82, 2.24) is 4.31 Å². The summed E-state index contributed by atoms with van der Waals surface area (Å²) >= 11 is 1.19. The second-order valence-corrected chi connectivity index (χ2v) is 9.94. The van der Waals surface area contributed by atoms with Gasteiger partial charge in [0.15, 0.2) is 0 Å². The van der Waals surface area contributed by atoms with Crippen LogP contribution in [0.3, 0.4) is 0 Å². The van der Waals surface area contributed by atoms with Crippen LogP contribution in [0.15, 0.2) is 53.4 Å². The van der Waals surface area contributed by atoms with Crippen molar-refractivity contribution in [2.24, 2.45) is 5.73 Å². The molecule has 7 nitrogen and oxygen atoms in total. The number of alkyl halides is 3. The number of morpholine rings is 1. The van der Waals surface area contributed by atoms with E-state index in [9.17, 15) is 26.4 Å². The maximum Gasteiger partial charge on any atom is 0.573 e. The molecule has 0 saturated carbocycles. The average Bonchev–Trinajstić information content (AvgIpc) is 3.13. The highest BCUT2D eigenvalue weighted by molar-refractivity contribution is 7.89. The highest BCUT2D eigenvalue weighted by atomic mass is 32.2. The molecule has 1 aromatic heterocycles. The zero-order valence-corrected chi connectivity index (χ0v) is 18.0. The lowest BCUT2D eigenvalue weighted by molar-refractivity contribution is -0.274. The fraction of sp³-hybridized carbons (Fsp3) is 0.250. The van der Waals surface area contributed by atoms with Crippen LogP contribution >= 0.6 is 11.3 Å². The first-order valence-corrected chi connectivity index (χ1v) is 11.6. The van der Waals surface area contributed by atoms with E-state index in [0.717, 1.165) is 26.5 Å². The molecule has 2 N–H and O–H groups in total. The fourth-order valence-corrected chi connectivity index (χ4v) is 6.13. The number of sulfonamides is 1. The van der Waals surface area contributed by atoms with Crippen LogP contribution in [0, 0.1) is 0 Å². The van der Waals surface area contributed by atoms with E-state index in [2.05, 4.69) is 4.74 Å². The number of hydrogen-bond donors (Lipinski definition) is 1. The number of ether oxygens (including phenoxy) is 2. The third-order valence-electron chi connectivity index (χ3n) is 4.89. The van der Waals surface area contributed by atoms with E-state index in [1.165, 1.54) is 23.5 Å². The normalized spacial score (nSPS) is 18.0. The molecule has 4 rings (SSSR count). The largest absolute Gasteiger partial charge is 0.573 e. The van der Waals surface area contributed by atoms with Crippen molar-refractivity contribution >= 4 is 37.4 Å². The summed E-state index contributed by atoms with van der Waals surface area (Å²) in [5, 5.41) is 0.733. The van der Waals surface area contributed by atoms with Gasteiger partial charge in [0.1, 0.15) is 5.75 Å². The molecule has 1 aliphatic rings. The molecule has 32 heavy (non-hydrogen) atoms. The Balaban J connectivity index is 1.67. The van der Waals surface area contributed by atoms with Gasteiger partial charge in [-0.05, 0) is 23.6 Å². The first-order valence-electron chi connectivity index (χ1n) is 9.35. The Morgan fingerprint density at radius 2 is 1.94 bits per heavy atom. The van der Waals surface area contributed by atoms with Gasteiger partial charge in [0.05, 0.1) is 22.5 Å². The second-order valence-electron chi connectivity index (χ2n) is 6.95. The minimum atomic E-state index is -4.95. The lowest BCUT2D eigenvalue weighted by Gasteiger charge is -2.32. The van der Waals surface area contributed by atoms with Gasteiger partial charge in [-0.25, -0.2) is 8.42 Å². The molecule has 0 radical (unpaired) electrons. The lowest BCUT2D eigenvalue weighted by atomic mass is 10.0. The number of rotatable bonds is 5. The van der Waals surface area contributed by atoms with Crippen LogP contribution in [0.5, 0.6) is 5.75 Å². The van der Waals surface area contributed by atoms with Gasteiger partial charge in [0.2, 0.25) is 10.0 Å². The number of nitrogens with two attached hydrogens (primary N) is 1. The van der Waals surface area contributed by atoms with Gasteiger partial charge in [-0.1, -0.05) is 24.3 Å². The highest BCUT2D eigenvalue weighted by Gasteiger charge is 2.36. The summed E-state index contributed by atoms with van der Waals surface area (Å²) < 4.78 is 75.4. The van der Waals surface area contributed by atoms with Gasteiger partial charge in [0.25, 0.3) is 5.91 Å². The summed E-state index contributed by atoms with van der Waals surface area (Å²) in [4.78, 5) is 12.0. The number of nitrogens with zero attached hydrogens (tertiary/aromatic N) is 1. The average molecular weight is 486 g/mol. The fourth-order valence-electron chi connectivity index (χ4n) is 3.57. The van der Waals surface area contributed by atoms with Gasteiger partial charge >= 0.3 is 6.36 Å². The molecule has 1 saturated heterocycles. The first kappa shape index (κ1) is 22.5. The maximum atomic E-state index is 13.1. The number of carbonyl (C=O) groups excluding carboxylic acids is 1. The Labute approximate surface area is 185 Å². The molecule has 0 bridgehead atoms. The molecule has 1 atom stereocenters. The minimum Gasteiger partial charge on any atom is -0.406 e. The second kappa shape index (κ2) is 8.35. The van der Waals surface area contributed by atoms with Crippen molar-refractivity contribution in [3.63, 3.8) is 0 Å². The number of amides is 1. The predicted molar refractivity (Wildman–Crippen MR) is 111 cm³/mol.